The number of hydrogen-bond acceptors (Lipinski definition) is 2. The lowest BCUT2D eigenvalue weighted by Gasteiger charge is -2.06. The van der Waals surface area contributed by atoms with Crippen molar-refractivity contribution in [3.63, 3.8) is 0 Å². The Hall–Kier alpha value is -1.83. The van der Waals surface area contributed by atoms with Gasteiger partial charge in [0.2, 0.25) is 0 Å². The van der Waals surface area contributed by atoms with Crippen molar-refractivity contribution < 1.29 is 0 Å². The van der Waals surface area contributed by atoms with Crippen LogP contribution in [0.4, 0.5) is 11.5 Å². The SMILES string of the molecule is CCc1ccnc(Nc2ccc(C)cc2)c1. The van der Waals surface area contributed by atoms with E-state index >= 15 is 0 Å². The predicted molar refractivity (Wildman–Crippen MR) is 68.1 cm³/mol. The Balaban J connectivity index is 2.16. The average molecular weight is 212 g/mol. The monoisotopic (exact) mass is 212 g/mol. The van der Waals surface area contributed by atoms with Gasteiger partial charge >= 0.3 is 0 Å². The molecule has 2 heteroatoms. The van der Waals surface area contributed by atoms with Gasteiger partial charge in [-0.3, -0.25) is 0 Å². The fraction of sp³-hybridized carbons (Fsp3) is 0.214. The molecule has 0 radical (unpaired) electrons. The maximum absolute atomic E-state index is 4.29. The lowest BCUT2D eigenvalue weighted by Crippen LogP contribution is -1.94. The Bertz CT molecular complexity index is 460. The molecule has 0 aliphatic heterocycles. The molecule has 1 aromatic heterocycles. The standard InChI is InChI=1S/C14H16N2/c1-3-12-8-9-15-14(10-12)16-13-6-4-11(2)5-7-13/h4-10H,3H2,1-2H3,(H,15,16). The number of anilines is 2. The first kappa shape index (κ1) is 10.7. The van der Waals surface area contributed by atoms with Crippen molar-refractivity contribution in [3.8, 4) is 0 Å². The third kappa shape index (κ3) is 2.60. The van der Waals surface area contributed by atoms with E-state index in [0.717, 1.165) is 17.9 Å². The van der Waals surface area contributed by atoms with Crippen LogP contribution in [0.15, 0.2) is 42.6 Å². The summed E-state index contributed by atoms with van der Waals surface area (Å²) in [5.41, 5.74) is 3.64. The van der Waals surface area contributed by atoms with E-state index in [0.29, 0.717) is 0 Å². The van der Waals surface area contributed by atoms with Crippen LogP contribution in [0.5, 0.6) is 0 Å². The van der Waals surface area contributed by atoms with Crippen LogP contribution < -0.4 is 5.32 Å². The Morgan fingerprint density at radius 2 is 1.88 bits per heavy atom. The van der Waals surface area contributed by atoms with Crippen molar-refractivity contribution in [1.29, 1.82) is 0 Å². The van der Waals surface area contributed by atoms with E-state index in [1.165, 1.54) is 11.1 Å². The fourth-order valence-corrected chi connectivity index (χ4v) is 1.55. The van der Waals surface area contributed by atoms with Gasteiger partial charge in [0.25, 0.3) is 0 Å². The summed E-state index contributed by atoms with van der Waals surface area (Å²) in [6.45, 7) is 4.23. The van der Waals surface area contributed by atoms with Crippen LogP contribution in [0.1, 0.15) is 18.1 Å². The molecule has 0 bridgehead atoms. The summed E-state index contributed by atoms with van der Waals surface area (Å²) in [4.78, 5) is 4.29. The molecular weight excluding hydrogens is 196 g/mol. The van der Waals surface area contributed by atoms with Crippen LogP contribution in [0.3, 0.4) is 0 Å². The first-order valence-corrected chi connectivity index (χ1v) is 5.56. The summed E-state index contributed by atoms with van der Waals surface area (Å²) in [5, 5.41) is 3.29. The van der Waals surface area contributed by atoms with Crippen molar-refractivity contribution in [1.82, 2.24) is 4.98 Å². The molecule has 0 aliphatic carbocycles. The van der Waals surface area contributed by atoms with Crippen LogP contribution in [-0.4, -0.2) is 4.98 Å². The van der Waals surface area contributed by atoms with Gasteiger partial charge in [-0.05, 0) is 43.2 Å². The molecule has 0 saturated heterocycles. The van der Waals surface area contributed by atoms with Gasteiger partial charge in [0.05, 0.1) is 0 Å². The van der Waals surface area contributed by atoms with Crippen molar-refractivity contribution in [3.05, 3.63) is 53.7 Å². The smallest absolute Gasteiger partial charge is 0.130 e. The average Bonchev–Trinajstić information content (AvgIpc) is 2.32. The van der Waals surface area contributed by atoms with Crippen molar-refractivity contribution in [2.24, 2.45) is 0 Å². The second-order valence-corrected chi connectivity index (χ2v) is 3.89. The lowest BCUT2D eigenvalue weighted by molar-refractivity contribution is 1.12. The number of pyridine rings is 1. The number of nitrogens with zero attached hydrogens (tertiary/aromatic N) is 1. The van der Waals surface area contributed by atoms with Gasteiger partial charge in [0.1, 0.15) is 5.82 Å². The van der Waals surface area contributed by atoms with Crippen LogP contribution in [0, 0.1) is 6.92 Å². The number of aryl methyl sites for hydroxylation is 2. The second-order valence-electron chi connectivity index (χ2n) is 3.89. The normalized spacial score (nSPS) is 10.1. The molecule has 0 unspecified atom stereocenters. The number of benzene rings is 1. The summed E-state index contributed by atoms with van der Waals surface area (Å²) in [6.07, 6.45) is 2.88. The topological polar surface area (TPSA) is 24.9 Å². The van der Waals surface area contributed by atoms with Crippen LogP contribution >= 0.6 is 0 Å². The zero-order valence-electron chi connectivity index (χ0n) is 9.70. The van der Waals surface area contributed by atoms with Gasteiger partial charge < -0.3 is 5.32 Å². The molecule has 1 heterocycles. The molecule has 0 aliphatic rings. The minimum atomic E-state index is 0.906. The zero-order valence-corrected chi connectivity index (χ0v) is 9.70. The van der Waals surface area contributed by atoms with E-state index in [4.69, 9.17) is 0 Å². The molecule has 0 amide bonds. The van der Waals surface area contributed by atoms with E-state index in [1.807, 2.05) is 12.3 Å². The fourth-order valence-electron chi connectivity index (χ4n) is 1.55. The highest BCUT2D eigenvalue weighted by Crippen LogP contribution is 2.15. The van der Waals surface area contributed by atoms with E-state index in [1.54, 1.807) is 0 Å². The molecule has 0 saturated carbocycles. The summed E-state index contributed by atoms with van der Waals surface area (Å²) in [6, 6.07) is 12.4. The summed E-state index contributed by atoms with van der Waals surface area (Å²) in [5.74, 6) is 0.906. The Morgan fingerprint density at radius 1 is 1.12 bits per heavy atom. The van der Waals surface area contributed by atoms with Crippen LogP contribution in [0.2, 0.25) is 0 Å². The van der Waals surface area contributed by atoms with E-state index < -0.39 is 0 Å². The number of hydrogen-bond donors (Lipinski definition) is 1. The van der Waals surface area contributed by atoms with Crippen LogP contribution in [-0.2, 0) is 6.42 Å². The van der Waals surface area contributed by atoms with Crippen molar-refractivity contribution in [2.45, 2.75) is 20.3 Å². The van der Waals surface area contributed by atoms with E-state index in [9.17, 15) is 0 Å². The van der Waals surface area contributed by atoms with Crippen LogP contribution in [0.25, 0.3) is 0 Å². The van der Waals surface area contributed by atoms with Gasteiger partial charge in [-0.15, -0.1) is 0 Å². The highest BCUT2D eigenvalue weighted by Gasteiger charge is 1.96. The Kier molecular flexibility index (Phi) is 3.20. The summed E-state index contributed by atoms with van der Waals surface area (Å²) in [7, 11) is 0. The van der Waals surface area contributed by atoms with Gasteiger partial charge in [0, 0.05) is 11.9 Å². The zero-order chi connectivity index (χ0) is 11.4. The summed E-state index contributed by atoms with van der Waals surface area (Å²) >= 11 is 0. The predicted octanol–water partition coefficient (Wildman–Crippen LogP) is 3.70. The van der Waals surface area contributed by atoms with Gasteiger partial charge in [-0.2, -0.15) is 0 Å². The molecule has 16 heavy (non-hydrogen) atoms. The third-order valence-electron chi connectivity index (χ3n) is 2.56. The molecule has 2 aromatic rings. The molecule has 1 N–H and O–H groups in total. The van der Waals surface area contributed by atoms with Gasteiger partial charge in [-0.1, -0.05) is 24.6 Å². The maximum Gasteiger partial charge on any atom is 0.130 e. The first-order valence-electron chi connectivity index (χ1n) is 5.56. The highest BCUT2D eigenvalue weighted by molar-refractivity contribution is 5.56. The van der Waals surface area contributed by atoms with E-state index in [2.05, 4.69) is 54.5 Å². The van der Waals surface area contributed by atoms with Gasteiger partial charge in [-0.25, -0.2) is 4.98 Å². The number of aromatic nitrogens is 1. The van der Waals surface area contributed by atoms with Gasteiger partial charge in [0.15, 0.2) is 0 Å². The molecule has 2 nitrogen and oxygen atoms in total. The highest BCUT2D eigenvalue weighted by atomic mass is 15.0. The largest absolute Gasteiger partial charge is 0.340 e. The minimum Gasteiger partial charge on any atom is -0.340 e. The molecule has 0 fully saturated rings. The molecule has 0 spiro atoms. The van der Waals surface area contributed by atoms with Crippen molar-refractivity contribution in [2.75, 3.05) is 5.32 Å². The summed E-state index contributed by atoms with van der Waals surface area (Å²) < 4.78 is 0. The lowest BCUT2D eigenvalue weighted by atomic mass is 10.2. The Morgan fingerprint density at radius 3 is 2.56 bits per heavy atom. The molecule has 0 atom stereocenters. The molecular formula is C14H16N2. The quantitative estimate of drug-likeness (QED) is 0.839. The Labute approximate surface area is 96.4 Å². The maximum atomic E-state index is 4.29. The second kappa shape index (κ2) is 4.79. The molecule has 2 rings (SSSR count). The minimum absolute atomic E-state index is 0.906. The number of rotatable bonds is 3. The molecule has 1 aromatic carbocycles. The third-order valence-corrected chi connectivity index (χ3v) is 2.56. The van der Waals surface area contributed by atoms with E-state index in [-0.39, 0.29) is 0 Å². The number of nitrogens with one attached hydrogen (secondary N) is 1. The molecule has 82 valence electrons. The first-order chi connectivity index (χ1) is 7.78. The van der Waals surface area contributed by atoms with Crippen molar-refractivity contribution >= 4 is 11.5 Å².